The SMILES string of the molecule is CC(C)CC(O)c1c(Br)ccc(Cl)c1F. The molecule has 1 aromatic carbocycles. The van der Waals surface area contributed by atoms with Crippen LogP contribution in [0.3, 0.4) is 0 Å². The molecule has 0 aliphatic carbocycles. The van der Waals surface area contributed by atoms with E-state index >= 15 is 0 Å². The van der Waals surface area contributed by atoms with Gasteiger partial charge in [-0.15, -0.1) is 0 Å². The van der Waals surface area contributed by atoms with E-state index in [1.54, 1.807) is 6.07 Å². The summed E-state index contributed by atoms with van der Waals surface area (Å²) < 4.78 is 14.2. The second-order valence-corrected chi connectivity index (χ2v) is 5.16. The third-order valence-corrected chi connectivity index (χ3v) is 3.09. The molecule has 0 saturated heterocycles. The van der Waals surface area contributed by atoms with Crippen LogP contribution in [0, 0.1) is 11.7 Å². The van der Waals surface area contributed by atoms with Gasteiger partial charge in [-0.3, -0.25) is 0 Å². The molecule has 1 aromatic rings. The maximum Gasteiger partial charge on any atom is 0.148 e. The summed E-state index contributed by atoms with van der Waals surface area (Å²) in [6.07, 6.45) is -0.311. The predicted molar refractivity (Wildman–Crippen MR) is 63.5 cm³/mol. The molecule has 0 spiro atoms. The lowest BCUT2D eigenvalue weighted by Crippen LogP contribution is -2.05. The van der Waals surface area contributed by atoms with Gasteiger partial charge >= 0.3 is 0 Å². The van der Waals surface area contributed by atoms with E-state index in [1.807, 2.05) is 13.8 Å². The summed E-state index contributed by atoms with van der Waals surface area (Å²) in [5.74, 6) is -0.246. The average Bonchev–Trinajstić information content (AvgIpc) is 2.11. The second-order valence-electron chi connectivity index (χ2n) is 3.90. The Morgan fingerprint density at radius 1 is 1.47 bits per heavy atom. The van der Waals surface area contributed by atoms with Gasteiger partial charge in [0, 0.05) is 10.0 Å². The molecular weight excluding hydrogens is 282 g/mol. The number of hydrogen-bond acceptors (Lipinski definition) is 1. The van der Waals surface area contributed by atoms with Crippen LogP contribution in [-0.4, -0.2) is 5.11 Å². The van der Waals surface area contributed by atoms with Crippen molar-refractivity contribution >= 4 is 27.5 Å². The molecule has 0 bridgehead atoms. The molecule has 0 aromatic heterocycles. The molecule has 0 saturated carbocycles. The van der Waals surface area contributed by atoms with Crippen molar-refractivity contribution in [1.82, 2.24) is 0 Å². The molecule has 1 N–H and O–H groups in total. The van der Waals surface area contributed by atoms with Crippen LogP contribution < -0.4 is 0 Å². The van der Waals surface area contributed by atoms with Crippen LogP contribution in [0.25, 0.3) is 0 Å². The molecule has 1 rings (SSSR count). The minimum absolute atomic E-state index is 0.0380. The molecule has 15 heavy (non-hydrogen) atoms. The van der Waals surface area contributed by atoms with Gasteiger partial charge in [0.25, 0.3) is 0 Å². The average molecular weight is 296 g/mol. The van der Waals surface area contributed by atoms with Crippen LogP contribution in [0.15, 0.2) is 16.6 Å². The molecule has 0 heterocycles. The van der Waals surface area contributed by atoms with Crippen molar-refractivity contribution in [1.29, 1.82) is 0 Å². The number of benzene rings is 1. The van der Waals surface area contributed by atoms with E-state index in [-0.39, 0.29) is 10.6 Å². The van der Waals surface area contributed by atoms with E-state index < -0.39 is 11.9 Å². The summed E-state index contributed by atoms with van der Waals surface area (Å²) in [7, 11) is 0. The van der Waals surface area contributed by atoms with E-state index in [0.29, 0.717) is 16.8 Å². The zero-order valence-corrected chi connectivity index (χ0v) is 10.9. The van der Waals surface area contributed by atoms with Gasteiger partial charge in [0.05, 0.1) is 11.1 Å². The first-order valence-corrected chi connectivity index (χ1v) is 5.92. The Labute approximate surface area is 102 Å². The molecule has 1 nitrogen and oxygen atoms in total. The molecule has 0 fully saturated rings. The molecule has 84 valence electrons. The van der Waals surface area contributed by atoms with Gasteiger partial charge in [0.15, 0.2) is 0 Å². The first kappa shape index (κ1) is 12.9. The number of aliphatic hydroxyl groups excluding tert-OH is 1. The van der Waals surface area contributed by atoms with Gasteiger partial charge in [0.1, 0.15) is 5.82 Å². The first-order chi connectivity index (χ1) is 6.93. The Morgan fingerprint density at radius 3 is 2.60 bits per heavy atom. The minimum Gasteiger partial charge on any atom is -0.388 e. The third-order valence-electron chi connectivity index (χ3n) is 2.11. The zero-order chi connectivity index (χ0) is 11.6. The highest BCUT2D eigenvalue weighted by Gasteiger charge is 2.19. The van der Waals surface area contributed by atoms with Gasteiger partial charge in [0.2, 0.25) is 0 Å². The van der Waals surface area contributed by atoms with Crippen LogP contribution in [0.4, 0.5) is 4.39 Å². The van der Waals surface area contributed by atoms with Gasteiger partial charge in [-0.25, -0.2) is 4.39 Å². The number of hydrogen-bond donors (Lipinski definition) is 1. The van der Waals surface area contributed by atoms with E-state index in [9.17, 15) is 9.50 Å². The summed E-state index contributed by atoms with van der Waals surface area (Å²) in [6.45, 7) is 3.94. The van der Waals surface area contributed by atoms with Crippen LogP contribution in [0.5, 0.6) is 0 Å². The Kier molecular flexibility index (Phi) is 4.56. The Morgan fingerprint density at radius 2 is 2.07 bits per heavy atom. The van der Waals surface area contributed by atoms with Gasteiger partial charge in [-0.2, -0.15) is 0 Å². The van der Waals surface area contributed by atoms with Crippen molar-refractivity contribution < 1.29 is 9.50 Å². The molecule has 0 amide bonds. The summed E-state index contributed by atoms with van der Waals surface area (Å²) in [4.78, 5) is 0. The highest BCUT2D eigenvalue weighted by molar-refractivity contribution is 9.10. The van der Waals surface area contributed by atoms with Crippen LogP contribution >= 0.6 is 27.5 Å². The van der Waals surface area contributed by atoms with Crippen molar-refractivity contribution in [3.63, 3.8) is 0 Å². The molecule has 4 heteroatoms. The normalized spacial score (nSPS) is 13.3. The highest BCUT2D eigenvalue weighted by atomic mass is 79.9. The fourth-order valence-electron chi connectivity index (χ4n) is 1.41. The smallest absolute Gasteiger partial charge is 0.148 e. The summed E-state index contributed by atoms with van der Waals surface area (Å²) in [5.41, 5.74) is 0.246. The zero-order valence-electron chi connectivity index (χ0n) is 8.60. The standard InChI is InChI=1S/C11H13BrClFO/c1-6(2)5-9(15)10-7(12)3-4-8(13)11(10)14/h3-4,6,9,15H,5H2,1-2H3. The topological polar surface area (TPSA) is 20.2 Å². The maximum atomic E-state index is 13.6. The Bertz CT molecular complexity index is 355. The summed E-state index contributed by atoms with van der Waals surface area (Å²) >= 11 is 8.87. The van der Waals surface area contributed by atoms with Crippen molar-refractivity contribution in [2.24, 2.45) is 5.92 Å². The highest BCUT2D eigenvalue weighted by Crippen LogP contribution is 2.33. The van der Waals surface area contributed by atoms with Crippen molar-refractivity contribution in [3.05, 3.63) is 33.0 Å². The van der Waals surface area contributed by atoms with Crippen LogP contribution in [0.2, 0.25) is 5.02 Å². The van der Waals surface area contributed by atoms with E-state index in [4.69, 9.17) is 11.6 Å². The quantitative estimate of drug-likeness (QED) is 0.823. The Balaban J connectivity index is 3.07. The monoisotopic (exact) mass is 294 g/mol. The van der Waals surface area contributed by atoms with Gasteiger partial charge < -0.3 is 5.11 Å². The predicted octanol–water partition coefficient (Wildman–Crippen LogP) is 4.32. The third kappa shape index (κ3) is 3.16. The summed E-state index contributed by atoms with van der Waals surface area (Å²) in [5, 5.41) is 9.89. The van der Waals surface area contributed by atoms with Gasteiger partial charge in [-0.1, -0.05) is 41.4 Å². The van der Waals surface area contributed by atoms with Gasteiger partial charge in [-0.05, 0) is 24.5 Å². The molecule has 0 aliphatic rings. The summed E-state index contributed by atoms with van der Waals surface area (Å²) in [6, 6.07) is 3.11. The van der Waals surface area contributed by atoms with E-state index in [1.165, 1.54) is 6.07 Å². The number of rotatable bonds is 3. The first-order valence-electron chi connectivity index (χ1n) is 4.75. The number of halogens is 3. The maximum absolute atomic E-state index is 13.6. The molecule has 1 atom stereocenters. The van der Waals surface area contributed by atoms with Crippen molar-refractivity contribution in [2.75, 3.05) is 0 Å². The van der Waals surface area contributed by atoms with E-state index in [2.05, 4.69) is 15.9 Å². The van der Waals surface area contributed by atoms with E-state index in [0.717, 1.165) is 0 Å². The molecule has 1 unspecified atom stereocenters. The Hall–Kier alpha value is -0.120. The fraction of sp³-hybridized carbons (Fsp3) is 0.455. The molecule has 0 radical (unpaired) electrons. The van der Waals surface area contributed by atoms with Crippen LogP contribution in [-0.2, 0) is 0 Å². The molecular formula is C11H13BrClFO. The minimum atomic E-state index is -0.821. The number of aliphatic hydroxyl groups is 1. The fourth-order valence-corrected chi connectivity index (χ4v) is 2.15. The lowest BCUT2D eigenvalue weighted by molar-refractivity contribution is 0.146. The second kappa shape index (κ2) is 5.28. The van der Waals surface area contributed by atoms with Crippen molar-refractivity contribution in [2.45, 2.75) is 26.4 Å². The lowest BCUT2D eigenvalue weighted by atomic mass is 9.99. The lowest BCUT2D eigenvalue weighted by Gasteiger charge is -2.16. The largest absolute Gasteiger partial charge is 0.388 e. The molecule has 0 aliphatic heterocycles. The van der Waals surface area contributed by atoms with Crippen molar-refractivity contribution in [3.8, 4) is 0 Å². The van der Waals surface area contributed by atoms with Crippen LogP contribution in [0.1, 0.15) is 31.9 Å².